The van der Waals surface area contributed by atoms with Crippen LogP contribution in [0.4, 0.5) is 0 Å². The number of aryl methyl sites for hydroxylation is 2. The molecule has 0 aliphatic carbocycles. The normalized spacial score (nSPS) is 22.5. The summed E-state index contributed by atoms with van der Waals surface area (Å²) >= 11 is 0. The maximum Gasteiger partial charge on any atom is 0.268 e. The van der Waals surface area contributed by atoms with Crippen LogP contribution in [0.15, 0.2) is 93.8 Å². The Morgan fingerprint density at radius 2 is 1.06 bits per heavy atom. The number of sulfonamides is 2. The lowest BCUT2D eigenvalue weighted by Gasteiger charge is -2.34. The van der Waals surface area contributed by atoms with Gasteiger partial charge in [-0.2, -0.15) is 8.61 Å². The minimum atomic E-state index is -3.77. The molecule has 13 heteroatoms. The fourth-order valence-corrected chi connectivity index (χ4v) is 12.6. The Morgan fingerprint density at radius 3 is 1.59 bits per heavy atom. The van der Waals surface area contributed by atoms with Gasteiger partial charge in [-0.05, 0) is 110 Å². The summed E-state index contributed by atoms with van der Waals surface area (Å²) < 4.78 is 82.9. The Bertz CT molecular complexity index is 2370. The minimum Gasteiger partial charge on any atom is -0.361 e. The van der Waals surface area contributed by atoms with Gasteiger partial charge in [0.1, 0.15) is 0 Å². The first-order chi connectivity index (χ1) is 24.0. The smallest absolute Gasteiger partial charge is 0.268 e. The Hall–Kier alpha value is -3.49. The molecule has 2 aromatic heterocycles. The molecule has 2 saturated heterocycles. The number of fused-ring (bicyclic) bond motifs is 2. The van der Waals surface area contributed by atoms with E-state index in [0.29, 0.717) is 71.2 Å². The quantitative estimate of drug-likeness (QED) is 0.199. The molecular formula is C38H48N4O6S3. The number of benzene rings is 3. The maximum absolute atomic E-state index is 13.3. The van der Waals surface area contributed by atoms with Gasteiger partial charge in [-0.15, -0.1) is 0 Å². The summed E-state index contributed by atoms with van der Waals surface area (Å²) in [5, 5.41) is 1.60. The molecule has 4 atom stereocenters. The van der Waals surface area contributed by atoms with Crippen LogP contribution in [-0.4, -0.2) is 69.0 Å². The molecule has 1 N–H and O–H groups in total. The Balaban J connectivity index is 0.000000187. The zero-order chi connectivity index (χ0) is 36.9. The van der Waals surface area contributed by atoms with Crippen molar-refractivity contribution in [3.8, 4) is 0 Å². The van der Waals surface area contributed by atoms with Gasteiger partial charge in [0, 0.05) is 54.9 Å². The molecule has 3 aromatic carbocycles. The summed E-state index contributed by atoms with van der Waals surface area (Å²) in [6.07, 6.45) is 5.58. The van der Waals surface area contributed by atoms with Gasteiger partial charge in [0.25, 0.3) is 10.0 Å². The van der Waals surface area contributed by atoms with Gasteiger partial charge < -0.3 is 4.98 Å². The average Bonchev–Trinajstić information content (AvgIpc) is 3.63. The van der Waals surface area contributed by atoms with E-state index in [2.05, 4.69) is 32.7 Å². The molecule has 7 rings (SSSR count). The van der Waals surface area contributed by atoms with Crippen LogP contribution in [0, 0.1) is 37.5 Å². The third-order valence-corrected chi connectivity index (χ3v) is 15.4. The van der Waals surface area contributed by atoms with E-state index in [9.17, 15) is 25.3 Å². The zero-order valence-corrected chi connectivity index (χ0v) is 32.5. The van der Waals surface area contributed by atoms with Crippen molar-refractivity contribution in [3.05, 3.63) is 90.3 Å². The van der Waals surface area contributed by atoms with Crippen LogP contribution in [0.3, 0.4) is 0 Å². The molecule has 274 valence electrons. The predicted molar refractivity (Wildman–Crippen MR) is 202 cm³/mol. The van der Waals surface area contributed by atoms with E-state index in [1.54, 1.807) is 76.3 Å². The number of aromatic amines is 1. The fourth-order valence-electron chi connectivity index (χ4n) is 7.71. The molecule has 2 aliphatic heterocycles. The second kappa shape index (κ2) is 14.1. The minimum absolute atomic E-state index is 0.190. The molecule has 0 radical (unpaired) electrons. The summed E-state index contributed by atoms with van der Waals surface area (Å²) in [6, 6.07) is 18.3. The van der Waals surface area contributed by atoms with Crippen LogP contribution in [0.5, 0.6) is 0 Å². The van der Waals surface area contributed by atoms with E-state index in [1.807, 2.05) is 19.2 Å². The van der Waals surface area contributed by atoms with Gasteiger partial charge in [-0.1, -0.05) is 45.9 Å². The third-order valence-electron chi connectivity index (χ3n) is 10.0. The van der Waals surface area contributed by atoms with Crippen molar-refractivity contribution < 1.29 is 25.3 Å². The molecule has 2 aliphatic rings. The van der Waals surface area contributed by atoms with Crippen LogP contribution < -0.4 is 0 Å². The summed E-state index contributed by atoms with van der Waals surface area (Å²) in [5.74, 6) is 1.46. The molecule has 0 saturated carbocycles. The highest BCUT2D eigenvalue weighted by atomic mass is 32.2. The van der Waals surface area contributed by atoms with Gasteiger partial charge >= 0.3 is 0 Å². The van der Waals surface area contributed by atoms with E-state index >= 15 is 0 Å². The summed E-state index contributed by atoms with van der Waals surface area (Å²) in [4.78, 5) is 3.95. The molecule has 4 heterocycles. The van der Waals surface area contributed by atoms with E-state index < -0.39 is 30.1 Å². The highest BCUT2D eigenvalue weighted by molar-refractivity contribution is 7.90. The van der Waals surface area contributed by atoms with Crippen LogP contribution in [0.2, 0.25) is 0 Å². The number of aromatic nitrogens is 2. The highest BCUT2D eigenvalue weighted by Crippen LogP contribution is 2.32. The first-order valence-corrected chi connectivity index (χ1v) is 21.8. The van der Waals surface area contributed by atoms with Crippen molar-refractivity contribution in [2.75, 3.05) is 26.2 Å². The Morgan fingerprint density at radius 1 is 0.569 bits per heavy atom. The lowest BCUT2D eigenvalue weighted by atomic mass is 9.94. The lowest BCUT2D eigenvalue weighted by Crippen LogP contribution is -2.42. The van der Waals surface area contributed by atoms with Crippen LogP contribution >= 0.6 is 0 Å². The fraction of sp³-hybridized carbons (Fsp3) is 0.421. The molecule has 2 fully saturated rings. The van der Waals surface area contributed by atoms with E-state index in [1.165, 1.54) is 10.0 Å². The standard InChI is InChI=1S/C22H26N2O4S2.C16H22N2O2S/c1-16-11-17(2)14-23(13-16)29(25,26)20-9-10-22-21(12-20)18(3)15-24(22)30(27,28)19-7-5-4-6-8-19;1-11-6-12(2)10-18(9-11)21(19,20)14-4-5-16-15(7-14)13(3)8-17-16/h4-10,12,15-17H,11,13-14H2,1-3H3;4-5,7-8,11-12,17H,6,9-10H2,1-3H3. The van der Waals surface area contributed by atoms with Crippen molar-refractivity contribution in [2.24, 2.45) is 23.7 Å². The molecule has 5 aromatic rings. The largest absolute Gasteiger partial charge is 0.361 e. The Kier molecular flexibility index (Phi) is 10.3. The molecule has 51 heavy (non-hydrogen) atoms. The SMILES string of the molecule is Cc1c[nH]c2ccc(S(=O)(=O)N3CC(C)CC(C)C3)cc12.Cc1cn(S(=O)(=O)c2ccccc2)c2ccc(S(=O)(=O)N3CC(C)CC(C)C3)cc12. The second-order valence-corrected chi connectivity index (χ2v) is 20.5. The van der Waals surface area contributed by atoms with Crippen molar-refractivity contribution in [1.29, 1.82) is 0 Å². The first-order valence-electron chi connectivity index (χ1n) is 17.5. The average molecular weight is 753 g/mol. The van der Waals surface area contributed by atoms with Crippen LogP contribution in [-0.2, 0) is 30.1 Å². The van der Waals surface area contributed by atoms with E-state index in [4.69, 9.17) is 0 Å². The molecule has 4 unspecified atom stereocenters. The summed E-state index contributed by atoms with van der Waals surface area (Å²) in [6.45, 7) is 14.4. The van der Waals surface area contributed by atoms with Crippen molar-refractivity contribution in [3.63, 3.8) is 0 Å². The second-order valence-electron chi connectivity index (χ2n) is 14.8. The van der Waals surface area contributed by atoms with Gasteiger partial charge in [0.15, 0.2) is 0 Å². The maximum atomic E-state index is 13.3. The van der Waals surface area contributed by atoms with Crippen molar-refractivity contribution in [1.82, 2.24) is 17.6 Å². The molecule has 0 spiro atoms. The predicted octanol–water partition coefficient (Wildman–Crippen LogP) is 7.00. The van der Waals surface area contributed by atoms with Gasteiger partial charge in [0.2, 0.25) is 20.0 Å². The lowest BCUT2D eigenvalue weighted by molar-refractivity contribution is 0.222. The number of rotatable bonds is 6. The Labute approximate surface area is 302 Å². The monoisotopic (exact) mass is 752 g/mol. The molecular weight excluding hydrogens is 705 g/mol. The summed E-state index contributed by atoms with van der Waals surface area (Å²) in [5.41, 5.74) is 3.23. The van der Waals surface area contributed by atoms with Crippen molar-refractivity contribution in [2.45, 2.75) is 69.1 Å². The molecule has 10 nitrogen and oxygen atoms in total. The van der Waals surface area contributed by atoms with Crippen LogP contribution in [0.25, 0.3) is 21.8 Å². The number of nitrogens with one attached hydrogen (secondary N) is 1. The number of nitrogens with zero attached hydrogens (tertiary/aromatic N) is 3. The zero-order valence-electron chi connectivity index (χ0n) is 30.1. The molecule has 0 bridgehead atoms. The van der Waals surface area contributed by atoms with Gasteiger partial charge in [-0.25, -0.2) is 29.2 Å². The van der Waals surface area contributed by atoms with E-state index in [0.717, 1.165) is 29.3 Å². The first kappa shape index (κ1) is 37.3. The third kappa shape index (κ3) is 7.41. The number of piperidine rings is 2. The van der Waals surface area contributed by atoms with Gasteiger partial charge in [-0.3, -0.25) is 0 Å². The van der Waals surface area contributed by atoms with E-state index in [-0.39, 0.29) is 9.79 Å². The summed E-state index contributed by atoms with van der Waals surface area (Å²) in [7, 11) is -10.8. The number of H-pyrrole nitrogens is 1. The topological polar surface area (TPSA) is 130 Å². The van der Waals surface area contributed by atoms with Crippen LogP contribution in [0.1, 0.15) is 51.7 Å². The number of hydrogen-bond acceptors (Lipinski definition) is 6. The highest BCUT2D eigenvalue weighted by Gasteiger charge is 2.33. The molecule has 0 amide bonds. The van der Waals surface area contributed by atoms with Gasteiger partial charge in [0.05, 0.1) is 20.2 Å². The van der Waals surface area contributed by atoms with Crippen molar-refractivity contribution >= 4 is 51.9 Å². The number of hydrogen-bond donors (Lipinski definition) is 1.